The van der Waals surface area contributed by atoms with E-state index in [2.05, 4.69) is 0 Å². The molecule has 0 amide bonds. The van der Waals surface area contributed by atoms with E-state index in [1.54, 1.807) is 6.92 Å². The average molecular weight is 216 g/mol. The molecule has 2 N–H and O–H groups in total. The van der Waals surface area contributed by atoms with Crippen LogP contribution in [0.3, 0.4) is 0 Å². The van der Waals surface area contributed by atoms with Gasteiger partial charge < -0.3 is 10.2 Å². The molecule has 0 radical (unpaired) electrons. The van der Waals surface area contributed by atoms with Crippen LogP contribution in [0.4, 0.5) is 0 Å². The number of hydrogen-bond donors (Lipinski definition) is 2. The summed E-state index contributed by atoms with van der Waals surface area (Å²) < 4.78 is 0. The van der Waals surface area contributed by atoms with Crippen LogP contribution >= 0.6 is 0 Å². The number of hydrogen-bond acceptors (Lipinski definition) is 2. The molecule has 0 fully saturated rings. The molecule has 0 saturated carbocycles. The Hall–Kier alpha value is -1.10. The first-order chi connectivity index (χ1) is 6.21. The first-order valence-corrected chi connectivity index (χ1v) is 7.92. The second-order valence-electron chi connectivity index (χ2n) is 4.07. The monoisotopic (exact) mass is 216 g/mol. The summed E-state index contributed by atoms with van der Waals surface area (Å²) >= 11 is 0. The zero-order valence-electron chi connectivity index (χ0n) is 8.92. The number of rotatable bonds is 4. The van der Waals surface area contributed by atoms with E-state index in [4.69, 9.17) is 10.2 Å². The van der Waals surface area contributed by atoms with Gasteiger partial charge in [0.1, 0.15) is 0 Å². The van der Waals surface area contributed by atoms with Gasteiger partial charge in [0, 0.05) is 10.8 Å². The Labute approximate surface area is 84.3 Å². The maximum Gasteiger partial charge on any atom is 0.331 e. The van der Waals surface area contributed by atoms with Crippen molar-refractivity contribution in [1.29, 1.82) is 0 Å². The van der Waals surface area contributed by atoms with E-state index in [0.717, 1.165) is 0 Å². The van der Waals surface area contributed by atoms with Crippen molar-refractivity contribution in [3.8, 4) is 0 Å². The summed E-state index contributed by atoms with van der Waals surface area (Å²) in [6.45, 7) is 7.14. The minimum Gasteiger partial charge on any atom is -0.478 e. The van der Waals surface area contributed by atoms with Gasteiger partial charge in [0.25, 0.3) is 0 Å². The van der Waals surface area contributed by atoms with Crippen molar-refractivity contribution in [3.05, 3.63) is 10.8 Å². The number of carboxylic acid groups (broad SMARTS) is 2. The van der Waals surface area contributed by atoms with Gasteiger partial charge in [-0.15, -0.1) is 0 Å². The standard InChI is InChI=1S/C9H16O4Si/c1-5-6(8(10)11)7(9(12)13)14(2,3)4/h5H2,1-4H3,(H,10,11)(H,12,13). The third-order valence-electron chi connectivity index (χ3n) is 1.88. The summed E-state index contributed by atoms with van der Waals surface area (Å²) in [4.78, 5) is 21.8. The van der Waals surface area contributed by atoms with Gasteiger partial charge in [-0.05, 0) is 6.42 Å². The molecule has 80 valence electrons. The van der Waals surface area contributed by atoms with Crippen molar-refractivity contribution in [2.24, 2.45) is 0 Å². The molecule has 5 heteroatoms. The lowest BCUT2D eigenvalue weighted by Gasteiger charge is -2.19. The maximum atomic E-state index is 11.0. The van der Waals surface area contributed by atoms with Gasteiger partial charge in [-0.3, -0.25) is 0 Å². The molecule has 0 saturated heterocycles. The van der Waals surface area contributed by atoms with Crippen molar-refractivity contribution in [2.45, 2.75) is 33.0 Å². The summed E-state index contributed by atoms with van der Waals surface area (Å²) in [6.07, 6.45) is 0.251. The van der Waals surface area contributed by atoms with Crippen LogP contribution in [0.15, 0.2) is 10.8 Å². The first kappa shape index (κ1) is 12.9. The molecule has 0 unspecified atom stereocenters. The van der Waals surface area contributed by atoms with Crippen LogP contribution in [0.1, 0.15) is 13.3 Å². The molecule has 14 heavy (non-hydrogen) atoms. The molecule has 0 atom stereocenters. The largest absolute Gasteiger partial charge is 0.478 e. The van der Waals surface area contributed by atoms with Crippen molar-refractivity contribution < 1.29 is 19.8 Å². The zero-order valence-corrected chi connectivity index (χ0v) is 9.92. The normalized spacial score (nSPS) is 13.4. The minimum absolute atomic E-state index is 0.0386. The van der Waals surface area contributed by atoms with Crippen molar-refractivity contribution >= 4 is 20.0 Å². The molecule has 0 aliphatic carbocycles. The topological polar surface area (TPSA) is 74.6 Å². The van der Waals surface area contributed by atoms with Crippen molar-refractivity contribution in [2.75, 3.05) is 0 Å². The van der Waals surface area contributed by atoms with E-state index in [-0.39, 0.29) is 17.2 Å². The highest BCUT2D eigenvalue weighted by atomic mass is 28.3. The van der Waals surface area contributed by atoms with E-state index >= 15 is 0 Å². The first-order valence-electron chi connectivity index (χ1n) is 4.42. The molecular weight excluding hydrogens is 200 g/mol. The van der Waals surface area contributed by atoms with Gasteiger partial charge in [-0.1, -0.05) is 26.6 Å². The predicted molar refractivity (Wildman–Crippen MR) is 55.9 cm³/mol. The smallest absolute Gasteiger partial charge is 0.331 e. The molecule has 0 heterocycles. The zero-order chi connectivity index (χ0) is 11.5. The molecule has 4 nitrogen and oxygen atoms in total. The highest BCUT2D eigenvalue weighted by Gasteiger charge is 2.30. The Kier molecular flexibility index (Phi) is 4.06. The summed E-state index contributed by atoms with van der Waals surface area (Å²) in [6, 6.07) is 0. The molecule has 0 aliphatic rings. The molecule has 0 aromatic carbocycles. The van der Waals surface area contributed by atoms with Gasteiger partial charge in [0.2, 0.25) is 0 Å². The van der Waals surface area contributed by atoms with Gasteiger partial charge in [0.05, 0.1) is 8.07 Å². The average Bonchev–Trinajstić information content (AvgIpc) is 1.95. The summed E-state index contributed by atoms with van der Waals surface area (Å²) in [5, 5.41) is 17.9. The van der Waals surface area contributed by atoms with E-state index in [9.17, 15) is 9.59 Å². The van der Waals surface area contributed by atoms with Crippen LogP contribution in [0, 0.1) is 0 Å². The molecular formula is C9H16O4Si. The highest BCUT2D eigenvalue weighted by molar-refractivity contribution is 6.87. The summed E-state index contributed by atoms with van der Waals surface area (Å²) in [7, 11) is -2.10. The van der Waals surface area contributed by atoms with Gasteiger partial charge in [0.15, 0.2) is 0 Å². The maximum absolute atomic E-state index is 11.0. The van der Waals surface area contributed by atoms with Crippen molar-refractivity contribution in [3.63, 3.8) is 0 Å². The number of carboxylic acids is 2. The molecule has 0 aliphatic heterocycles. The highest BCUT2D eigenvalue weighted by Crippen LogP contribution is 2.21. The SMILES string of the molecule is CCC(C(=O)O)=C(C(=O)O)[Si](C)(C)C. The molecule has 0 aromatic heterocycles. The number of carbonyl (C=O) groups is 2. The van der Waals surface area contributed by atoms with E-state index in [1.165, 1.54) is 0 Å². The van der Waals surface area contributed by atoms with Gasteiger partial charge in [-0.2, -0.15) is 0 Å². The van der Waals surface area contributed by atoms with Crippen LogP contribution in [0.2, 0.25) is 19.6 Å². The summed E-state index contributed by atoms with van der Waals surface area (Å²) in [5.41, 5.74) is 0.0386. The third-order valence-corrected chi connectivity index (χ3v) is 3.89. The molecule has 0 aromatic rings. The molecule has 0 spiro atoms. The van der Waals surface area contributed by atoms with Crippen LogP contribution in [0.5, 0.6) is 0 Å². The Morgan fingerprint density at radius 3 is 1.57 bits per heavy atom. The Balaban J connectivity index is 5.57. The van der Waals surface area contributed by atoms with E-state index in [0.29, 0.717) is 0 Å². The Bertz CT molecular complexity index is 286. The molecule has 0 bridgehead atoms. The van der Waals surface area contributed by atoms with Gasteiger partial charge in [-0.25, -0.2) is 9.59 Å². The Morgan fingerprint density at radius 2 is 1.50 bits per heavy atom. The Morgan fingerprint density at radius 1 is 1.07 bits per heavy atom. The molecule has 0 rings (SSSR count). The van der Waals surface area contributed by atoms with Crippen LogP contribution in [0.25, 0.3) is 0 Å². The van der Waals surface area contributed by atoms with Crippen LogP contribution in [-0.4, -0.2) is 30.2 Å². The lowest BCUT2D eigenvalue weighted by Crippen LogP contribution is -2.32. The van der Waals surface area contributed by atoms with E-state index in [1.807, 2.05) is 19.6 Å². The number of aliphatic carboxylic acids is 2. The second kappa shape index (κ2) is 4.41. The van der Waals surface area contributed by atoms with E-state index < -0.39 is 20.0 Å². The fourth-order valence-electron chi connectivity index (χ4n) is 1.34. The second-order valence-corrected chi connectivity index (χ2v) is 9.07. The fraction of sp³-hybridized carbons (Fsp3) is 0.556. The van der Waals surface area contributed by atoms with Crippen molar-refractivity contribution in [1.82, 2.24) is 0 Å². The lowest BCUT2D eigenvalue weighted by atomic mass is 10.2. The quantitative estimate of drug-likeness (QED) is 0.554. The van der Waals surface area contributed by atoms with Gasteiger partial charge >= 0.3 is 11.9 Å². The fourth-order valence-corrected chi connectivity index (χ4v) is 3.17. The van der Waals surface area contributed by atoms with Crippen LogP contribution in [-0.2, 0) is 9.59 Å². The minimum atomic E-state index is -2.10. The predicted octanol–water partition coefficient (Wildman–Crippen LogP) is 1.74. The van der Waals surface area contributed by atoms with Crippen LogP contribution < -0.4 is 0 Å². The lowest BCUT2D eigenvalue weighted by molar-refractivity contribution is -0.135. The summed E-state index contributed by atoms with van der Waals surface area (Å²) in [5.74, 6) is -2.21. The third kappa shape index (κ3) is 2.99.